The molecule has 2 unspecified atom stereocenters. The lowest BCUT2D eigenvalue weighted by Crippen LogP contribution is -2.55. The molecule has 2 heterocycles. The molecule has 0 aromatic heterocycles. The van der Waals surface area contributed by atoms with Crippen molar-refractivity contribution in [3.63, 3.8) is 0 Å². The van der Waals surface area contributed by atoms with Gasteiger partial charge in [-0.2, -0.15) is 0 Å². The summed E-state index contributed by atoms with van der Waals surface area (Å²) in [5.41, 5.74) is 2.79. The van der Waals surface area contributed by atoms with Crippen molar-refractivity contribution in [2.24, 2.45) is 5.92 Å². The number of fused-ring (bicyclic) bond motifs is 2. The third-order valence-electron chi connectivity index (χ3n) is 7.15. The Balaban J connectivity index is 1.18. The van der Waals surface area contributed by atoms with E-state index in [4.69, 9.17) is 9.47 Å². The summed E-state index contributed by atoms with van der Waals surface area (Å²) in [6, 6.07) is 27.3. The number of benzene rings is 3. The van der Waals surface area contributed by atoms with Crippen molar-refractivity contribution in [3.8, 4) is 5.75 Å². The smallest absolute Gasteiger partial charge is 0.410 e. The second-order valence-corrected chi connectivity index (χ2v) is 9.52. The summed E-state index contributed by atoms with van der Waals surface area (Å²) in [5, 5.41) is 0. The van der Waals surface area contributed by atoms with Gasteiger partial charge in [0.05, 0.1) is 0 Å². The molecule has 5 rings (SSSR count). The fourth-order valence-corrected chi connectivity index (χ4v) is 5.38. The molecule has 0 spiro atoms. The van der Waals surface area contributed by atoms with Gasteiger partial charge in [-0.05, 0) is 67.5 Å². The number of nitrogens with zero attached hydrogens (tertiary/aromatic N) is 1. The quantitative estimate of drug-likeness (QED) is 0.375. The van der Waals surface area contributed by atoms with E-state index in [1.54, 1.807) is 0 Å². The van der Waals surface area contributed by atoms with Gasteiger partial charge in [0.15, 0.2) is 5.78 Å². The molecule has 0 saturated carbocycles. The number of Topliss-reactive ketones (excluding diaryl/α,β-unsaturated/α-hetero) is 1. The Kier molecular flexibility index (Phi) is 7.12. The maximum atomic E-state index is 13.3. The van der Waals surface area contributed by atoms with Crippen LogP contribution >= 0.6 is 0 Å². The predicted octanol–water partition coefficient (Wildman–Crippen LogP) is 6.42. The molecule has 2 fully saturated rings. The average Bonchev–Trinajstić information content (AvgIpc) is 2.91. The number of hydrogen-bond donors (Lipinski definition) is 0. The molecule has 180 valence electrons. The van der Waals surface area contributed by atoms with Crippen LogP contribution < -0.4 is 4.74 Å². The summed E-state index contributed by atoms with van der Waals surface area (Å²) >= 11 is 0. The van der Waals surface area contributed by atoms with E-state index in [2.05, 4.69) is 0 Å². The molecule has 2 aliphatic heterocycles. The van der Waals surface area contributed by atoms with E-state index in [-0.39, 0.29) is 36.5 Å². The van der Waals surface area contributed by atoms with E-state index in [0.717, 1.165) is 36.1 Å². The van der Waals surface area contributed by atoms with Gasteiger partial charge in [0.25, 0.3) is 0 Å². The van der Waals surface area contributed by atoms with Crippen LogP contribution in [0.15, 0.2) is 84.9 Å². The van der Waals surface area contributed by atoms with Crippen LogP contribution in [0.3, 0.4) is 0 Å². The summed E-state index contributed by atoms with van der Waals surface area (Å²) in [6.45, 7) is 0.771. The summed E-state index contributed by atoms with van der Waals surface area (Å²) in [5.74, 6) is 0.839. The minimum atomic E-state index is -0.255. The second-order valence-electron chi connectivity index (χ2n) is 9.52. The molecule has 2 bridgehead atoms. The lowest BCUT2D eigenvalue weighted by molar-refractivity contribution is 0.00472. The van der Waals surface area contributed by atoms with Crippen LogP contribution in [0.25, 0.3) is 0 Å². The van der Waals surface area contributed by atoms with Gasteiger partial charge in [0.2, 0.25) is 0 Å². The van der Waals surface area contributed by atoms with Gasteiger partial charge in [0, 0.05) is 23.6 Å². The molecule has 5 heteroatoms. The number of piperidine rings is 2. The van der Waals surface area contributed by atoms with Crippen LogP contribution in [0.5, 0.6) is 5.75 Å². The first-order valence-electron chi connectivity index (χ1n) is 12.5. The largest absolute Gasteiger partial charge is 0.489 e. The fraction of sp³-hybridized carbons (Fsp3) is 0.333. The highest BCUT2D eigenvalue weighted by molar-refractivity contribution is 5.98. The number of hydrogen-bond acceptors (Lipinski definition) is 4. The Labute approximate surface area is 206 Å². The van der Waals surface area contributed by atoms with Crippen LogP contribution in [-0.4, -0.2) is 28.9 Å². The lowest BCUT2D eigenvalue weighted by Gasteiger charge is -2.47. The Bertz CT molecular complexity index is 1120. The molecule has 5 nitrogen and oxygen atoms in total. The van der Waals surface area contributed by atoms with Crippen LogP contribution in [0.2, 0.25) is 0 Å². The van der Waals surface area contributed by atoms with Gasteiger partial charge in [-0.15, -0.1) is 0 Å². The third kappa shape index (κ3) is 5.56. The van der Waals surface area contributed by atoms with Crippen molar-refractivity contribution in [2.45, 2.75) is 57.4 Å². The molecule has 35 heavy (non-hydrogen) atoms. The molecule has 0 aliphatic carbocycles. The number of ether oxygens (including phenoxy) is 2. The highest BCUT2D eigenvalue weighted by Gasteiger charge is 2.43. The first kappa shape index (κ1) is 23.2. The van der Waals surface area contributed by atoms with Gasteiger partial charge in [-0.25, -0.2) is 4.79 Å². The van der Waals surface area contributed by atoms with E-state index in [0.29, 0.717) is 25.0 Å². The molecule has 3 aromatic rings. The van der Waals surface area contributed by atoms with Crippen molar-refractivity contribution < 1.29 is 19.1 Å². The van der Waals surface area contributed by atoms with E-state index in [1.807, 2.05) is 89.8 Å². The van der Waals surface area contributed by atoms with Crippen LogP contribution in [0, 0.1) is 5.92 Å². The van der Waals surface area contributed by atoms with Gasteiger partial charge >= 0.3 is 6.09 Å². The molecule has 2 aliphatic rings. The standard InChI is InChI=1S/C30H31NO4/c32-29(24-14-16-28(17-15-24)34-20-22-8-3-1-4-9-22)25-18-26-12-7-13-27(19-25)31(26)30(33)35-21-23-10-5-2-6-11-23/h1-6,8-11,14-17,25-27H,7,12-13,18-21H2. The highest BCUT2D eigenvalue weighted by Crippen LogP contribution is 2.39. The van der Waals surface area contributed by atoms with Gasteiger partial charge in [-0.3, -0.25) is 4.79 Å². The van der Waals surface area contributed by atoms with E-state index in [9.17, 15) is 9.59 Å². The summed E-state index contributed by atoms with van der Waals surface area (Å²) < 4.78 is 11.5. The Morgan fingerprint density at radius 1 is 0.743 bits per heavy atom. The SMILES string of the molecule is O=C(c1ccc(OCc2ccccc2)cc1)C1CC2CCCC(C1)N2C(=O)OCc1ccccc1. The highest BCUT2D eigenvalue weighted by atomic mass is 16.6. The number of rotatable bonds is 7. The number of carbonyl (C=O) groups excluding carboxylic acids is 2. The molecular weight excluding hydrogens is 438 g/mol. The second kappa shape index (κ2) is 10.8. The summed E-state index contributed by atoms with van der Waals surface area (Å²) in [6.07, 6.45) is 4.07. The van der Waals surface area contributed by atoms with E-state index < -0.39 is 0 Å². The predicted molar refractivity (Wildman–Crippen MR) is 134 cm³/mol. The zero-order valence-electron chi connectivity index (χ0n) is 19.8. The van der Waals surface area contributed by atoms with Crippen LogP contribution in [0.1, 0.15) is 53.6 Å². The van der Waals surface area contributed by atoms with Gasteiger partial charge in [-0.1, -0.05) is 60.7 Å². The third-order valence-corrected chi connectivity index (χ3v) is 7.15. The number of ketones is 1. The number of carbonyl (C=O) groups is 2. The van der Waals surface area contributed by atoms with Gasteiger partial charge in [0.1, 0.15) is 19.0 Å². The minimum Gasteiger partial charge on any atom is -0.489 e. The van der Waals surface area contributed by atoms with Crippen LogP contribution in [0.4, 0.5) is 4.79 Å². The fourth-order valence-electron chi connectivity index (χ4n) is 5.38. The topological polar surface area (TPSA) is 55.8 Å². The van der Waals surface area contributed by atoms with E-state index in [1.165, 1.54) is 0 Å². The zero-order valence-corrected chi connectivity index (χ0v) is 19.8. The molecule has 2 saturated heterocycles. The molecule has 2 atom stereocenters. The number of amides is 1. The van der Waals surface area contributed by atoms with Crippen molar-refractivity contribution in [1.82, 2.24) is 4.90 Å². The molecule has 0 radical (unpaired) electrons. The van der Waals surface area contributed by atoms with E-state index >= 15 is 0 Å². The Morgan fingerprint density at radius 3 is 1.91 bits per heavy atom. The maximum Gasteiger partial charge on any atom is 0.410 e. The molecular formula is C30H31NO4. The molecule has 3 aromatic carbocycles. The van der Waals surface area contributed by atoms with Crippen molar-refractivity contribution >= 4 is 11.9 Å². The monoisotopic (exact) mass is 469 g/mol. The Hall–Kier alpha value is -3.60. The maximum absolute atomic E-state index is 13.3. The van der Waals surface area contributed by atoms with Crippen molar-refractivity contribution in [1.29, 1.82) is 0 Å². The summed E-state index contributed by atoms with van der Waals surface area (Å²) in [7, 11) is 0. The van der Waals surface area contributed by atoms with Crippen molar-refractivity contribution in [3.05, 3.63) is 102 Å². The van der Waals surface area contributed by atoms with Crippen LogP contribution in [-0.2, 0) is 18.0 Å². The zero-order chi connectivity index (χ0) is 24.0. The molecule has 0 N–H and O–H groups in total. The normalized spacial score (nSPS) is 21.3. The van der Waals surface area contributed by atoms with Gasteiger partial charge < -0.3 is 14.4 Å². The molecule has 1 amide bonds. The van der Waals surface area contributed by atoms with Crippen molar-refractivity contribution in [2.75, 3.05) is 0 Å². The first-order chi connectivity index (χ1) is 17.2. The first-order valence-corrected chi connectivity index (χ1v) is 12.5. The Morgan fingerprint density at radius 2 is 1.31 bits per heavy atom. The minimum absolute atomic E-state index is 0.0632. The summed E-state index contributed by atoms with van der Waals surface area (Å²) in [4.78, 5) is 28.2. The lowest BCUT2D eigenvalue weighted by atomic mass is 9.76. The average molecular weight is 470 g/mol.